The van der Waals surface area contributed by atoms with Crippen LogP contribution in [-0.4, -0.2) is 29.7 Å². The molecule has 1 aliphatic rings. The van der Waals surface area contributed by atoms with Crippen LogP contribution in [0.2, 0.25) is 0 Å². The van der Waals surface area contributed by atoms with E-state index in [-0.39, 0.29) is 6.61 Å². The van der Waals surface area contributed by atoms with Crippen LogP contribution in [0.4, 0.5) is 5.69 Å². The zero-order valence-electron chi connectivity index (χ0n) is 11.4. The first-order valence-electron chi connectivity index (χ1n) is 6.72. The molecule has 1 saturated heterocycles. The normalized spacial score (nSPS) is 20.8. The van der Waals surface area contributed by atoms with Gasteiger partial charge in [0.1, 0.15) is 0 Å². The van der Waals surface area contributed by atoms with E-state index in [0.29, 0.717) is 0 Å². The topological polar surface area (TPSA) is 23.5 Å². The molecule has 2 rings (SSSR count). The fourth-order valence-electron chi connectivity index (χ4n) is 2.69. The molecule has 0 amide bonds. The van der Waals surface area contributed by atoms with E-state index in [9.17, 15) is 5.11 Å². The molecular formula is C15H23NOS. The lowest BCUT2D eigenvalue weighted by Crippen LogP contribution is -2.25. The Morgan fingerprint density at radius 2 is 2.17 bits per heavy atom. The average molecular weight is 265 g/mol. The van der Waals surface area contributed by atoms with Crippen LogP contribution in [0.25, 0.3) is 0 Å². The molecule has 2 nitrogen and oxygen atoms in total. The highest BCUT2D eigenvalue weighted by Crippen LogP contribution is 2.27. The molecular weight excluding hydrogens is 242 g/mol. The van der Waals surface area contributed by atoms with Crippen molar-refractivity contribution >= 4 is 17.4 Å². The maximum absolute atomic E-state index is 9.51. The third-order valence-corrected chi connectivity index (χ3v) is 4.89. The van der Waals surface area contributed by atoms with E-state index in [2.05, 4.69) is 36.3 Å². The van der Waals surface area contributed by atoms with E-state index in [4.69, 9.17) is 0 Å². The molecule has 0 spiro atoms. The van der Waals surface area contributed by atoms with E-state index in [1.807, 2.05) is 11.8 Å². The summed E-state index contributed by atoms with van der Waals surface area (Å²) in [7, 11) is 0. The molecule has 1 aromatic carbocycles. The average Bonchev–Trinajstić information content (AvgIpc) is 2.63. The molecule has 1 heterocycles. The number of aliphatic hydroxyl groups is 1. The van der Waals surface area contributed by atoms with Gasteiger partial charge in [0, 0.05) is 29.6 Å². The second-order valence-electron chi connectivity index (χ2n) is 5.07. The van der Waals surface area contributed by atoms with Gasteiger partial charge in [0.25, 0.3) is 0 Å². The quantitative estimate of drug-likeness (QED) is 0.908. The number of hydrogen-bond donors (Lipinski definition) is 1. The van der Waals surface area contributed by atoms with E-state index in [1.54, 1.807) is 0 Å². The summed E-state index contributed by atoms with van der Waals surface area (Å²) >= 11 is 1.99. The number of thioether (sulfide) groups is 1. The molecule has 1 N–H and O–H groups in total. The Balaban J connectivity index is 2.15. The molecule has 0 radical (unpaired) electrons. The van der Waals surface area contributed by atoms with Crippen LogP contribution in [0.1, 0.15) is 30.4 Å². The molecule has 0 aromatic heterocycles. The molecule has 100 valence electrons. The second-order valence-corrected chi connectivity index (χ2v) is 6.20. The number of nitrogens with zero attached hydrogens (tertiary/aromatic N) is 1. The highest BCUT2D eigenvalue weighted by atomic mass is 32.2. The Kier molecular flexibility index (Phi) is 4.95. The van der Waals surface area contributed by atoms with Crippen LogP contribution >= 0.6 is 11.8 Å². The van der Waals surface area contributed by atoms with Crippen LogP contribution in [0.15, 0.2) is 18.2 Å². The van der Waals surface area contributed by atoms with Crippen LogP contribution in [0.5, 0.6) is 0 Å². The molecule has 0 bridgehead atoms. The van der Waals surface area contributed by atoms with Gasteiger partial charge in [-0.3, -0.25) is 0 Å². The molecule has 3 heteroatoms. The summed E-state index contributed by atoms with van der Waals surface area (Å²) in [6.45, 7) is 4.45. The van der Waals surface area contributed by atoms with Crippen LogP contribution in [0, 0.1) is 6.92 Å². The molecule has 1 atom stereocenters. The lowest BCUT2D eigenvalue weighted by atomic mass is 10.1. The third kappa shape index (κ3) is 3.21. The van der Waals surface area contributed by atoms with E-state index in [0.717, 1.165) is 23.9 Å². The highest BCUT2D eigenvalue weighted by Gasteiger charge is 2.18. The van der Waals surface area contributed by atoms with Crippen molar-refractivity contribution in [2.75, 3.05) is 24.2 Å². The summed E-state index contributed by atoms with van der Waals surface area (Å²) in [6.07, 6.45) is 6.04. The van der Waals surface area contributed by atoms with Gasteiger partial charge >= 0.3 is 0 Å². The second kappa shape index (κ2) is 6.48. The zero-order chi connectivity index (χ0) is 13.0. The predicted molar refractivity (Wildman–Crippen MR) is 80.5 cm³/mol. The summed E-state index contributed by atoms with van der Waals surface area (Å²) in [6, 6.07) is 6.41. The van der Waals surface area contributed by atoms with Gasteiger partial charge in [-0.2, -0.15) is 11.8 Å². The first-order valence-corrected chi connectivity index (χ1v) is 8.01. The number of hydrogen-bond acceptors (Lipinski definition) is 3. The lowest BCUT2D eigenvalue weighted by molar-refractivity contribution is 0.282. The Morgan fingerprint density at radius 1 is 1.33 bits per heavy atom. The summed E-state index contributed by atoms with van der Waals surface area (Å²) in [4.78, 5) is 2.45. The van der Waals surface area contributed by atoms with Gasteiger partial charge in [0.15, 0.2) is 0 Å². The summed E-state index contributed by atoms with van der Waals surface area (Å²) in [5.41, 5.74) is 3.52. The fraction of sp³-hybridized carbons (Fsp3) is 0.600. The summed E-state index contributed by atoms with van der Waals surface area (Å²) < 4.78 is 0. The maximum Gasteiger partial charge on any atom is 0.0702 e. The molecule has 1 fully saturated rings. The van der Waals surface area contributed by atoms with Crippen LogP contribution in [-0.2, 0) is 6.61 Å². The van der Waals surface area contributed by atoms with E-state index in [1.165, 1.54) is 30.5 Å². The summed E-state index contributed by atoms with van der Waals surface area (Å²) in [5.74, 6) is 0. The lowest BCUT2D eigenvalue weighted by Gasteiger charge is -2.25. The number of anilines is 1. The van der Waals surface area contributed by atoms with Crippen molar-refractivity contribution in [1.29, 1.82) is 0 Å². The van der Waals surface area contributed by atoms with Gasteiger partial charge in [0.2, 0.25) is 0 Å². The van der Waals surface area contributed by atoms with Gasteiger partial charge in [-0.15, -0.1) is 0 Å². The number of aliphatic hydroxyl groups excluding tert-OH is 1. The van der Waals surface area contributed by atoms with Crippen molar-refractivity contribution in [3.8, 4) is 0 Å². The minimum atomic E-state index is 0.138. The minimum absolute atomic E-state index is 0.138. The third-order valence-electron chi connectivity index (χ3n) is 3.75. The SMILES string of the molecule is CSC1CCCN(c2ccc(C)cc2CO)CC1. The van der Waals surface area contributed by atoms with Gasteiger partial charge in [-0.1, -0.05) is 17.7 Å². The smallest absolute Gasteiger partial charge is 0.0702 e. The Hall–Kier alpha value is -0.670. The van der Waals surface area contributed by atoms with Crippen molar-refractivity contribution in [2.24, 2.45) is 0 Å². The number of aryl methyl sites for hydroxylation is 1. The highest BCUT2D eigenvalue weighted by molar-refractivity contribution is 7.99. The van der Waals surface area contributed by atoms with Crippen molar-refractivity contribution in [3.63, 3.8) is 0 Å². The zero-order valence-corrected chi connectivity index (χ0v) is 12.2. The summed E-state index contributed by atoms with van der Waals surface area (Å²) in [5, 5.41) is 10.3. The first kappa shape index (κ1) is 13.8. The van der Waals surface area contributed by atoms with E-state index < -0.39 is 0 Å². The van der Waals surface area contributed by atoms with Crippen LogP contribution < -0.4 is 4.90 Å². The van der Waals surface area contributed by atoms with Gasteiger partial charge in [-0.05, 0) is 38.5 Å². The molecule has 0 saturated carbocycles. The van der Waals surface area contributed by atoms with Crippen molar-refractivity contribution in [2.45, 2.75) is 38.0 Å². The van der Waals surface area contributed by atoms with Gasteiger partial charge in [-0.25, -0.2) is 0 Å². The van der Waals surface area contributed by atoms with E-state index >= 15 is 0 Å². The predicted octanol–water partition coefficient (Wildman–Crippen LogP) is 3.21. The molecule has 18 heavy (non-hydrogen) atoms. The number of rotatable bonds is 3. The van der Waals surface area contributed by atoms with Crippen molar-refractivity contribution < 1.29 is 5.11 Å². The largest absolute Gasteiger partial charge is 0.392 e. The molecule has 1 unspecified atom stereocenters. The molecule has 1 aromatic rings. The Morgan fingerprint density at radius 3 is 2.89 bits per heavy atom. The fourth-order valence-corrected chi connectivity index (χ4v) is 3.44. The minimum Gasteiger partial charge on any atom is -0.392 e. The number of benzene rings is 1. The maximum atomic E-state index is 9.51. The van der Waals surface area contributed by atoms with Gasteiger partial charge in [0.05, 0.1) is 6.61 Å². The Labute approximate surface area is 114 Å². The van der Waals surface area contributed by atoms with Gasteiger partial charge < -0.3 is 10.0 Å². The Bertz CT molecular complexity index is 394. The van der Waals surface area contributed by atoms with Crippen molar-refractivity contribution in [1.82, 2.24) is 0 Å². The monoisotopic (exact) mass is 265 g/mol. The molecule has 0 aliphatic carbocycles. The van der Waals surface area contributed by atoms with Crippen molar-refractivity contribution in [3.05, 3.63) is 29.3 Å². The standard InChI is InChI=1S/C15H23NOS/c1-12-5-6-15(13(10-12)11-17)16-8-3-4-14(18-2)7-9-16/h5-6,10,14,17H,3-4,7-9,11H2,1-2H3. The molecule has 1 aliphatic heterocycles. The van der Waals surface area contributed by atoms with Crippen LogP contribution in [0.3, 0.4) is 0 Å². The first-order chi connectivity index (χ1) is 8.74.